The maximum absolute atomic E-state index is 12.2. The van der Waals surface area contributed by atoms with Crippen molar-refractivity contribution >= 4 is 22.5 Å². The molecular weight excluding hydrogens is 316 g/mol. The van der Waals surface area contributed by atoms with Crippen LogP contribution in [0.1, 0.15) is 42.9 Å². The first-order valence-corrected chi connectivity index (χ1v) is 9.49. The lowest BCUT2D eigenvalue weighted by atomic mass is 9.99. The molecule has 4 heteroatoms. The zero-order chi connectivity index (χ0) is 16.4. The molecule has 0 unspecified atom stereocenters. The Morgan fingerprint density at radius 2 is 1.83 bits per heavy atom. The van der Waals surface area contributed by atoms with E-state index >= 15 is 0 Å². The summed E-state index contributed by atoms with van der Waals surface area (Å²) in [7, 11) is 0. The summed E-state index contributed by atoms with van der Waals surface area (Å²) in [5.41, 5.74) is 2.27. The Kier molecular flexibility index (Phi) is 4.39. The lowest BCUT2D eigenvalue weighted by Crippen LogP contribution is -2.12. The van der Waals surface area contributed by atoms with E-state index in [1.165, 1.54) is 31.2 Å². The van der Waals surface area contributed by atoms with E-state index in [1.807, 2.05) is 12.1 Å². The van der Waals surface area contributed by atoms with Crippen molar-refractivity contribution < 1.29 is 0 Å². The van der Waals surface area contributed by atoms with Crippen LogP contribution < -0.4 is 5.56 Å². The van der Waals surface area contributed by atoms with Gasteiger partial charge >= 0.3 is 0 Å². The van der Waals surface area contributed by atoms with Crippen molar-refractivity contribution in [2.24, 2.45) is 0 Å². The fourth-order valence-electron chi connectivity index (χ4n) is 3.51. The van der Waals surface area contributed by atoms with Gasteiger partial charge in [-0.1, -0.05) is 49.2 Å². The summed E-state index contributed by atoms with van der Waals surface area (Å²) in [6, 6.07) is 16.6. The van der Waals surface area contributed by atoms with E-state index in [2.05, 4.69) is 46.6 Å². The van der Waals surface area contributed by atoms with Gasteiger partial charge in [-0.25, -0.2) is 5.10 Å². The van der Waals surface area contributed by atoms with Crippen LogP contribution in [-0.4, -0.2) is 10.2 Å². The second-order valence-electron chi connectivity index (χ2n) is 6.40. The molecule has 1 N–H and O–H groups in total. The van der Waals surface area contributed by atoms with Gasteiger partial charge in [0.2, 0.25) is 0 Å². The number of aromatic nitrogens is 2. The van der Waals surface area contributed by atoms with Crippen molar-refractivity contribution in [3.8, 4) is 0 Å². The maximum Gasteiger partial charge on any atom is 0.272 e. The van der Waals surface area contributed by atoms with Gasteiger partial charge in [0.05, 0.1) is 11.1 Å². The van der Waals surface area contributed by atoms with Crippen molar-refractivity contribution in [1.82, 2.24) is 10.2 Å². The fourth-order valence-corrected chi connectivity index (χ4v) is 4.40. The Morgan fingerprint density at radius 3 is 2.62 bits per heavy atom. The van der Waals surface area contributed by atoms with Gasteiger partial charge in [-0.3, -0.25) is 4.79 Å². The van der Waals surface area contributed by atoms with E-state index in [0.29, 0.717) is 5.92 Å². The molecule has 4 rings (SSSR count). The normalized spacial score (nSPS) is 15.2. The van der Waals surface area contributed by atoms with E-state index in [0.717, 1.165) is 27.1 Å². The van der Waals surface area contributed by atoms with Crippen LogP contribution in [-0.2, 0) is 5.75 Å². The van der Waals surface area contributed by atoms with Gasteiger partial charge in [0.25, 0.3) is 5.56 Å². The summed E-state index contributed by atoms with van der Waals surface area (Å²) in [4.78, 5) is 13.4. The summed E-state index contributed by atoms with van der Waals surface area (Å²) in [5, 5.41) is 8.86. The minimum absolute atomic E-state index is 0.0890. The monoisotopic (exact) mass is 336 g/mol. The number of benzene rings is 2. The Balaban J connectivity index is 1.65. The number of hydrogen-bond acceptors (Lipinski definition) is 3. The number of nitrogens with zero attached hydrogens (tertiary/aromatic N) is 1. The highest BCUT2D eigenvalue weighted by Crippen LogP contribution is 2.36. The van der Waals surface area contributed by atoms with Gasteiger partial charge in [0.1, 0.15) is 0 Å². The second kappa shape index (κ2) is 6.81. The van der Waals surface area contributed by atoms with Crippen LogP contribution >= 0.6 is 11.8 Å². The summed E-state index contributed by atoms with van der Waals surface area (Å²) >= 11 is 1.76. The number of thioether (sulfide) groups is 1. The van der Waals surface area contributed by atoms with E-state index in [4.69, 9.17) is 0 Å². The average molecular weight is 336 g/mol. The lowest BCUT2D eigenvalue weighted by molar-refractivity contribution is 0.686. The molecule has 1 heterocycles. The first-order valence-electron chi connectivity index (χ1n) is 8.50. The van der Waals surface area contributed by atoms with Gasteiger partial charge in [-0.2, -0.15) is 5.10 Å². The Labute approximate surface area is 145 Å². The van der Waals surface area contributed by atoms with Gasteiger partial charge in [-0.15, -0.1) is 11.8 Å². The molecule has 2 aromatic carbocycles. The second-order valence-corrected chi connectivity index (χ2v) is 7.45. The largest absolute Gasteiger partial charge is 0.272 e. The minimum Gasteiger partial charge on any atom is -0.267 e. The van der Waals surface area contributed by atoms with E-state index < -0.39 is 0 Å². The van der Waals surface area contributed by atoms with Gasteiger partial charge < -0.3 is 0 Å². The highest BCUT2D eigenvalue weighted by molar-refractivity contribution is 7.98. The molecule has 0 aliphatic heterocycles. The van der Waals surface area contributed by atoms with Crippen LogP contribution in [0, 0.1) is 0 Å². The number of fused-ring (bicyclic) bond motifs is 1. The molecule has 1 aliphatic rings. The van der Waals surface area contributed by atoms with E-state index in [-0.39, 0.29) is 5.56 Å². The first-order chi connectivity index (χ1) is 11.8. The molecule has 24 heavy (non-hydrogen) atoms. The van der Waals surface area contributed by atoms with Crippen LogP contribution in [0.2, 0.25) is 0 Å². The molecule has 0 atom stereocenters. The lowest BCUT2D eigenvalue weighted by Gasteiger charge is -2.11. The van der Waals surface area contributed by atoms with Crippen LogP contribution in [0.5, 0.6) is 0 Å². The third kappa shape index (κ3) is 3.11. The predicted octanol–water partition coefficient (Wildman–Crippen LogP) is 4.87. The highest BCUT2D eigenvalue weighted by Gasteiger charge is 2.21. The summed E-state index contributed by atoms with van der Waals surface area (Å²) in [6.45, 7) is 0. The molecule has 3 aromatic rings. The van der Waals surface area contributed by atoms with Crippen molar-refractivity contribution in [2.75, 3.05) is 0 Å². The third-order valence-electron chi connectivity index (χ3n) is 4.78. The molecule has 0 spiro atoms. The van der Waals surface area contributed by atoms with Crippen LogP contribution in [0.3, 0.4) is 0 Å². The van der Waals surface area contributed by atoms with Crippen LogP contribution in [0.15, 0.2) is 58.2 Å². The van der Waals surface area contributed by atoms with Gasteiger partial charge in [-0.05, 0) is 30.5 Å². The molecule has 0 bridgehead atoms. The summed E-state index contributed by atoms with van der Waals surface area (Å²) in [6.07, 6.45) is 4.88. The molecule has 0 amide bonds. The summed E-state index contributed by atoms with van der Waals surface area (Å²) < 4.78 is 0. The van der Waals surface area contributed by atoms with Gasteiger partial charge in [0, 0.05) is 22.0 Å². The Bertz CT molecular complexity index is 898. The van der Waals surface area contributed by atoms with E-state index in [9.17, 15) is 4.79 Å². The van der Waals surface area contributed by atoms with Crippen molar-refractivity contribution in [3.05, 3.63) is 70.1 Å². The van der Waals surface area contributed by atoms with Crippen LogP contribution in [0.4, 0.5) is 0 Å². The number of nitrogens with one attached hydrogen (secondary N) is 1. The highest BCUT2D eigenvalue weighted by atomic mass is 32.2. The molecule has 1 saturated carbocycles. The maximum atomic E-state index is 12.2. The molecule has 1 aromatic heterocycles. The van der Waals surface area contributed by atoms with E-state index in [1.54, 1.807) is 11.8 Å². The molecule has 3 nitrogen and oxygen atoms in total. The quantitative estimate of drug-likeness (QED) is 0.691. The number of aromatic amines is 1. The molecule has 0 radical (unpaired) electrons. The Hall–Kier alpha value is -2.07. The number of hydrogen-bond donors (Lipinski definition) is 1. The van der Waals surface area contributed by atoms with Crippen molar-refractivity contribution in [3.63, 3.8) is 0 Å². The van der Waals surface area contributed by atoms with Gasteiger partial charge in [0.15, 0.2) is 0 Å². The zero-order valence-corrected chi connectivity index (χ0v) is 14.3. The Morgan fingerprint density at radius 1 is 1.04 bits per heavy atom. The zero-order valence-electron chi connectivity index (χ0n) is 13.5. The fraction of sp³-hybridized carbons (Fsp3) is 0.300. The van der Waals surface area contributed by atoms with Crippen LogP contribution in [0.25, 0.3) is 10.8 Å². The number of H-pyrrole nitrogens is 1. The SMILES string of the molecule is O=c1[nH]nc(C2CCCC2)c2ccc(SCc3ccccc3)cc12. The van der Waals surface area contributed by atoms with Crippen molar-refractivity contribution in [1.29, 1.82) is 0 Å². The molecular formula is C20H20N2OS. The first kappa shape index (κ1) is 15.5. The molecule has 1 aliphatic carbocycles. The average Bonchev–Trinajstić information content (AvgIpc) is 3.16. The standard InChI is InChI=1S/C20H20N2OS/c23-20-18-12-16(24-13-14-6-2-1-3-7-14)10-11-17(18)19(21-22-20)15-8-4-5-9-15/h1-3,6-7,10-12,15H,4-5,8-9,13H2,(H,22,23). The molecule has 0 saturated heterocycles. The molecule has 122 valence electrons. The third-order valence-corrected chi connectivity index (χ3v) is 5.84. The topological polar surface area (TPSA) is 45.8 Å². The summed E-state index contributed by atoms with van der Waals surface area (Å²) in [5.74, 6) is 1.40. The predicted molar refractivity (Wildman–Crippen MR) is 99.6 cm³/mol. The number of rotatable bonds is 4. The van der Waals surface area contributed by atoms with Crippen molar-refractivity contribution in [2.45, 2.75) is 42.2 Å². The minimum atomic E-state index is -0.0890. The molecule has 1 fully saturated rings. The smallest absolute Gasteiger partial charge is 0.267 e.